The van der Waals surface area contributed by atoms with Crippen LogP contribution in [-0.4, -0.2) is 48.8 Å². The Labute approximate surface area is 125 Å². The fourth-order valence-corrected chi connectivity index (χ4v) is 3.11. The van der Waals surface area contributed by atoms with E-state index in [4.69, 9.17) is 15.2 Å². The summed E-state index contributed by atoms with van der Waals surface area (Å²) < 4.78 is 10.3. The average molecular weight is 308 g/mol. The second kappa shape index (κ2) is 5.82. The Morgan fingerprint density at radius 2 is 2.29 bits per heavy atom. The van der Waals surface area contributed by atoms with Gasteiger partial charge in [-0.3, -0.25) is 0 Å². The van der Waals surface area contributed by atoms with E-state index in [0.29, 0.717) is 46.6 Å². The number of thiophene rings is 1. The number of carbonyl (C=O) groups is 1. The molecule has 0 spiro atoms. The van der Waals surface area contributed by atoms with Crippen molar-refractivity contribution in [2.75, 3.05) is 43.5 Å². The predicted molar refractivity (Wildman–Crippen MR) is 80.8 cm³/mol. The van der Waals surface area contributed by atoms with Crippen molar-refractivity contribution >= 4 is 39.2 Å². The van der Waals surface area contributed by atoms with Crippen LogP contribution in [-0.2, 0) is 9.47 Å². The van der Waals surface area contributed by atoms with E-state index in [1.165, 1.54) is 11.3 Å². The maximum absolute atomic E-state index is 11.9. The van der Waals surface area contributed by atoms with Crippen LogP contribution in [0.15, 0.2) is 6.20 Å². The molecule has 2 aromatic heterocycles. The van der Waals surface area contributed by atoms with Crippen LogP contribution < -0.4 is 10.6 Å². The van der Waals surface area contributed by atoms with Crippen molar-refractivity contribution in [3.8, 4) is 0 Å². The Hall–Kier alpha value is -1.93. The maximum atomic E-state index is 11.9. The number of anilines is 2. The molecule has 0 aromatic carbocycles. The van der Waals surface area contributed by atoms with Gasteiger partial charge in [-0.15, -0.1) is 11.3 Å². The number of rotatable bonds is 3. The van der Waals surface area contributed by atoms with Gasteiger partial charge in [-0.1, -0.05) is 0 Å². The zero-order valence-electron chi connectivity index (χ0n) is 11.7. The van der Waals surface area contributed by atoms with Crippen LogP contribution in [0.4, 0.5) is 11.6 Å². The minimum Gasteiger partial charge on any atom is -0.462 e. The number of esters is 1. The van der Waals surface area contributed by atoms with E-state index in [0.717, 1.165) is 13.1 Å². The SMILES string of the molecule is CCOC(=O)c1sc2nc(N3CCOCC3)ncc2c1N. The van der Waals surface area contributed by atoms with Gasteiger partial charge in [-0.2, -0.15) is 0 Å². The minimum atomic E-state index is -0.411. The molecule has 3 rings (SSSR count). The van der Waals surface area contributed by atoms with Gasteiger partial charge < -0.3 is 20.1 Å². The number of carbonyl (C=O) groups excluding carboxylic acids is 1. The molecule has 21 heavy (non-hydrogen) atoms. The highest BCUT2D eigenvalue weighted by atomic mass is 32.1. The lowest BCUT2D eigenvalue weighted by molar-refractivity contribution is 0.0533. The largest absolute Gasteiger partial charge is 0.462 e. The molecule has 8 heteroatoms. The van der Waals surface area contributed by atoms with Crippen LogP contribution in [0, 0.1) is 0 Å². The molecule has 0 amide bonds. The summed E-state index contributed by atoms with van der Waals surface area (Å²) in [6.07, 6.45) is 1.67. The number of ether oxygens (including phenoxy) is 2. The molecule has 0 saturated carbocycles. The molecule has 1 fully saturated rings. The molecule has 2 N–H and O–H groups in total. The summed E-state index contributed by atoms with van der Waals surface area (Å²) in [5.74, 6) is 0.230. The van der Waals surface area contributed by atoms with Crippen molar-refractivity contribution in [3.05, 3.63) is 11.1 Å². The highest BCUT2D eigenvalue weighted by Gasteiger charge is 2.20. The lowest BCUT2D eigenvalue weighted by Crippen LogP contribution is -2.37. The molecular weight excluding hydrogens is 292 g/mol. The molecule has 1 saturated heterocycles. The summed E-state index contributed by atoms with van der Waals surface area (Å²) in [5, 5.41) is 0.695. The van der Waals surface area contributed by atoms with Crippen molar-refractivity contribution in [3.63, 3.8) is 0 Å². The molecule has 0 aliphatic carbocycles. The van der Waals surface area contributed by atoms with Gasteiger partial charge in [0, 0.05) is 19.3 Å². The monoisotopic (exact) mass is 308 g/mol. The molecule has 112 valence electrons. The topological polar surface area (TPSA) is 90.6 Å². The number of nitrogens with two attached hydrogens (primary N) is 1. The Morgan fingerprint density at radius 1 is 1.52 bits per heavy atom. The average Bonchev–Trinajstić information content (AvgIpc) is 2.85. The van der Waals surface area contributed by atoms with Crippen LogP contribution >= 0.6 is 11.3 Å². The number of hydrogen-bond donors (Lipinski definition) is 1. The van der Waals surface area contributed by atoms with E-state index in [1.807, 2.05) is 0 Å². The number of nitrogens with zero attached hydrogens (tertiary/aromatic N) is 3. The standard InChI is InChI=1S/C13H16N4O3S/c1-2-20-12(18)10-9(14)8-7-15-13(16-11(8)21-10)17-3-5-19-6-4-17/h7H,2-6,14H2,1H3. The molecular formula is C13H16N4O3S. The van der Waals surface area contributed by atoms with E-state index in [2.05, 4.69) is 14.9 Å². The van der Waals surface area contributed by atoms with Crippen molar-refractivity contribution in [1.82, 2.24) is 9.97 Å². The fraction of sp³-hybridized carbons (Fsp3) is 0.462. The zero-order valence-corrected chi connectivity index (χ0v) is 12.5. The van der Waals surface area contributed by atoms with Crippen LogP contribution in [0.5, 0.6) is 0 Å². The van der Waals surface area contributed by atoms with Gasteiger partial charge in [0.2, 0.25) is 5.95 Å². The summed E-state index contributed by atoms with van der Waals surface area (Å²) >= 11 is 1.24. The Kier molecular flexibility index (Phi) is 3.89. The third kappa shape index (κ3) is 2.64. The number of aromatic nitrogens is 2. The molecule has 0 atom stereocenters. The summed E-state index contributed by atoms with van der Waals surface area (Å²) in [6.45, 7) is 4.94. The zero-order chi connectivity index (χ0) is 14.8. The summed E-state index contributed by atoms with van der Waals surface area (Å²) in [7, 11) is 0. The van der Waals surface area contributed by atoms with Gasteiger partial charge >= 0.3 is 5.97 Å². The summed E-state index contributed by atoms with van der Waals surface area (Å²) in [6, 6.07) is 0. The first-order chi connectivity index (χ1) is 10.2. The van der Waals surface area contributed by atoms with E-state index >= 15 is 0 Å². The fourth-order valence-electron chi connectivity index (χ4n) is 2.16. The summed E-state index contributed by atoms with van der Waals surface area (Å²) in [5.41, 5.74) is 6.39. The van der Waals surface area contributed by atoms with Crippen LogP contribution in [0.1, 0.15) is 16.6 Å². The van der Waals surface area contributed by atoms with Crippen LogP contribution in [0.3, 0.4) is 0 Å². The molecule has 0 radical (unpaired) electrons. The number of hydrogen-bond acceptors (Lipinski definition) is 8. The number of morpholine rings is 1. The van der Waals surface area contributed by atoms with Gasteiger partial charge in [0.15, 0.2) is 0 Å². The van der Waals surface area contributed by atoms with E-state index < -0.39 is 5.97 Å². The third-order valence-electron chi connectivity index (χ3n) is 3.23. The van der Waals surface area contributed by atoms with Crippen molar-refractivity contribution < 1.29 is 14.3 Å². The molecule has 7 nitrogen and oxygen atoms in total. The molecule has 1 aliphatic rings. The first-order valence-corrected chi connectivity index (χ1v) is 7.57. The molecule has 0 bridgehead atoms. The lowest BCUT2D eigenvalue weighted by Gasteiger charge is -2.26. The second-order valence-electron chi connectivity index (χ2n) is 4.55. The second-order valence-corrected chi connectivity index (χ2v) is 5.55. The minimum absolute atomic E-state index is 0.317. The number of fused-ring (bicyclic) bond motifs is 1. The van der Waals surface area contributed by atoms with Crippen molar-refractivity contribution in [2.24, 2.45) is 0 Å². The quantitative estimate of drug-likeness (QED) is 0.854. The summed E-state index contributed by atoms with van der Waals surface area (Å²) in [4.78, 5) is 23.9. The van der Waals surface area contributed by atoms with E-state index in [-0.39, 0.29) is 0 Å². The predicted octanol–water partition coefficient (Wildman–Crippen LogP) is 1.29. The van der Waals surface area contributed by atoms with Crippen molar-refractivity contribution in [2.45, 2.75) is 6.92 Å². The van der Waals surface area contributed by atoms with Crippen LogP contribution in [0.2, 0.25) is 0 Å². The molecule has 3 heterocycles. The van der Waals surface area contributed by atoms with Gasteiger partial charge in [0.05, 0.1) is 30.9 Å². The lowest BCUT2D eigenvalue weighted by atomic mass is 10.3. The molecule has 2 aromatic rings. The normalized spacial score (nSPS) is 15.4. The highest BCUT2D eigenvalue weighted by Crippen LogP contribution is 2.33. The van der Waals surface area contributed by atoms with E-state index in [1.54, 1.807) is 13.1 Å². The van der Waals surface area contributed by atoms with Gasteiger partial charge in [0.1, 0.15) is 9.71 Å². The molecule has 1 aliphatic heterocycles. The van der Waals surface area contributed by atoms with Crippen molar-refractivity contribution in [1.29, 1.82) is 0 Å². The Morgan fingerprint density at radius 3 is 3.00 bits per heavy atom. The number of nitrogen functional groups attached to an aromatic ring is 1. The third-order valence-corrected chi connectivity index (χ3v) is 4.32. The van der Waals surface area contributed by atoms with Gasteiger partial charge in [0.25, 0.3) is 0 Å². The highest BCUT2D eigenvalue weighted by molar-refractivity contribution is 7.21. The molecule has 0 unspecified atom stereocenters. The maximum Gasteiger partial charge on any atom is 0.350 e. The van der Waals surface area contributed by atoms with Gasteiger partial charge in [-0.25, -0.2) is 14.8 Å². The first-order valence-electron chi connectivity index (χ1n) is 6.75. The Balaban J connectivity index is 1.96. The smallest absolute Gasteiger partial charge is 0.350 e. The van der Waals surface area contributed by atoms with E-state index in [9.17, 15) is 4.79 Å². The Bertz CT molecular complexity index is 667. The van der Waals surface area contributed by atoms with Gasteiger partial charge in [-0.05, 0) is 6.92 Å². The van der Waals surface area contributed by atoms with Crippen LogP contribution in [0.25, 0.3) is 10.2 Å². The first kappa shape index (κ1) is 14.0.